The molecule has 0 bridgehead atoms. The highest BCUT2D eigenvalue weighted by molar-refractivity contribution is 5.76. The molecule has 0 fully saturated rings. The highest BCUT2D eigenvalue weighted by atomic mass is 16.5. The first-order valence-electron chi connectivity index (χ1n) is 8.02. The van der Waals surface area contributed by atoms with Crippen LogP contribution in [0.4, 0.5) is 17.2 Å². The lowest BCUT2D eigenvalue weighted by Crippen LogP contribution is -2.26. The van der Waals surface area contributed by atoms with Crippen LogP contribution in [0.25, 0.3) is 0 Å². The molecular weight excluding hydrogens is 300 g/mol. The minimum absolute atomic E-state index is 0.384. The number of hydrogen-bond acceptors (Lipinski definition) is 5. The lowest BCUT2D eigenvalue weighted by molar-refractivity contribution is 0.464. The second-order valence-electron chi connectivity index (χ2n) is 5.72. The Morgan fingerprint density at radius 1 is 0.958 bits per heavy atom. The fraction of sp³-hybridized carbons (Fsp3) is 0.158. The summed E-state index contributed by atoms with van der Waals surface area (Å²) < 4.78 is 5.83. The van der Waals surface area contributed by atoms with E-state index in [1.807, 2.05) is 36.4 Å². The number of nitrogens with zero attached hydrogens (tertiary/aromatic N) is 3. The van der Waals surface area contributed by atoms with Gasteiger partial charge in [0, 0.05) is 12.2 Å². The molecule has 24 heavy (non-hydrogen) atoms. The van der Waals surface area contributed by atoms with E-state index in [0.29, 0.717) is 23.1 Å². The summed E-state index contributed by atoms with van der Waals surface area (Å²) >= 11 is 0. The molecule has 0 unspecified atom stereocenters. The van der Waals surface area contributed by atoms with Gasteiger partial charge in [0.1, 0.15) is 17.8 Å². The molecule has 120 valence electrons. The molecule has 5 nitrogen and oxygen atoms in total. The Balaban J connectivity index is 1.71. The molecule has 0 amide bonds. The van der Waals surface area contributed by atoms with Crippen molar-refractivity contribution in [2.45, 2.75) is 12.8 Å². The Labute approximate surface area is 140 Å². The lowest BCUT2D eigenvalue weighted by Gasteiger charge is -2.31. The summed E-state index contributed by atoms with van der Waals surface area (Å²) in [6.45, 7) is 0.878. The molecule has 4 rings (SSSR count). The van der Waals surface area contributed by atoms with Crippen molar-refractivity contribution in [2.24, 2.45) is 0 Å². The van der Waals surface area contributed by atoms with Crippen molar-refractivity contribution in [3.63, 3.8) is 0 Å². The number of rotatable bonds is 3. The van der Waals surface area contributed by atoms with E-state index in [1.54, 1.807) is 0 Å². The quantitative estimate of drug-likeness (QED) is 0.792. The number of aryl methyl sites for hydroxylation is 1. The Morgan fingerprint density at radius 3 is 2.62 bits per heavy atom. The van der Waals surface area contributed by atoms with Gasteiger partial charge >= 0.3 is 0 Å². The molecule has 2 aromatic carbocycles. The summed E-state index contributed by atoms with van der Waals surface area (Å²) in [5.74, 6) is 1.78. The van der Waals surface area contributed by atoms with Crippen LogP contribution in [-0.2, 0) is 6.42 Å². The standard InChI is InChI=1S/C19H18N4O/c20-17-18(23-12-6-8-14-7-4-5-11-16(14)23)21-13-22-19(17)24-15-9-2-1-3-10-15/h1-5,7,9-11,13H,6,8,12,20H2. The van der Waals surface area contributed by atoms with Gasteiger partial charge in [0.25, 0.3) is 0 Å². The Hall–Kier alpha value is -3.08. The van der Waals surface area contributed by atoms with Crippen LogP contribution in [0.5, 0.6) is 11.6 Å². The third-order valence-electron chi connectivity index (χ3n) is 4.15. The Bertz CT molecular complexity index is 851. The van der Waals surface area contributed by atoms with Crippen LogP contribution in [0.15, 0.2) is 60.9 Å². The van der Waals surface area contributed by atoms with Crippen LogP contribution in [0.2, 0.25) is 0 Å². The molecule has 1 aromatic heterocycles. The van der Waals surface area contributed by atoms with E-state index < -0.39 is 0 Å². The van der Waals surface area contributed by atoms with Gasteiger partial charge in [0.05, 0.1) is 0 Å². The number of para-hydroxylation sites is 2. The lowest BCUT2D eigenvalue weighted by atomic mass is 10.0. The van der Waals surface area contributed by atoms with Crippen molar-refractivity contribution in [3.8, 4) is 11.6 Å². The molecule has 0 atom stereocenters. The summed E-state index contributed by atoms with van der Waals surface area (Å²) in [6, 6.07) is 17.9. The first kappa shape index (κ1) is 14.5. The van der Waals surface area contributed by atoms with Gasteiger partial charge in [0.2, 0.25) is 5.88 Å². The molecule has 0 radical (unpaired) electrons. The van der Waals surface area contributed by atoms with E-state index in [0.717, 1.165) is 25.1 Å². The van der Waals surface area contributed by atoms with E-state index in [2.05, 4.69) is 33.1 Å². The number of aromatic nitrogens is 2. The molecule has 2 heterocycles. The van der Waals surface area contributed by atoms with Crippen molar-refractivity contribution in [1.29, 1.82) is 0 Å². The van der Waals surface area contributed by atoms with Gasteiger partial charge < -0.3 is 15.4 Å². The normalized spacial score (nSPS) is 13.4. The van der Waals surface area contributed by atoms with Crippen LogP contribution in [-0.4, -0.2) is 16.5 Å². The van der Waals surface area contributed by atoms with Crippen molar-refractivity contribution >= 4 is 17.2 Å². The third kappa shape index (κ3) is 2.65. The maximum atomic E-state index is 6.33. The fourth-order valence-electron chi connectivity index (χ4n) is 3.02. The number of nitrogen functional groups attached to an aromatic ring is 1. The second kappa shape index (κ2) is 6.20. The van der Waals surface area contributed by atoms with Crippen molar-refractivity contribution in [3.05, 3.63) is 66.5 Å². The largest absolute Gasteiger partial charge is 0.437 e. The van der Waals surface area contributed by atoms with E-state index in [-0.39, 0.29) is 0 Å². The molecule has 0 saturated heterocycles. The first-order chi connectivity index (χ1) is 11.8. The minimum atomic E-state index is 0.384. The minimum Gasteiger partial charge on any atom is -0.437 e. The van der Waals surface area contributed by atoms with Gasteiger partial charge in [-0.25, -0.2) is 4.98 Å². The summed E-state index contributed by atoms with van der Waals surface area (Å²) in [6.07, 6.45) is 3.64. The summed E-state index contributed by atoms with van der Waals surface area (Å²) in [5.41, 5.74) is 9.25. The van der Waals surface area contributed by atoms with Crippen molar-refractivity contribution in [1.82, 2.24) is 9.97 Å². The smallest absolute Gasteiger partial charge is 0.248 e. The van der Waals surface area contributed by atoms with Crippen LogP contribution in [0.1, 0.15) is 12.0 Å². The monoisotopic (exact) mass is 318 g/mol. The fourth-order valence-corrected chi connectivity index (χ4v) is 3.02. The molecule has 3 aromatic rings. The second-order valence-corrected chi connectivity index (χ2v) is 5.72. The number of benzene rings is 2. The van der Waals surface area contributed by atoms with Gasteiger partial charge in [-0.2, -0.15) is 4.98 Å². The summed E-state index contributed by atoms with van der Waals surface area (Å²) in [7, 11) is 0. The molecular formula is C19H18N4O. The van der Waals surface area contributed by atoms with Crippen LogP contribution in [0.3, 0.4) is 0 Å². The van der Waals surface area contributed by atoms with Gasteiger partial charge in [-0.1, -0.05) is 36.4 Å². The van der Waals surface area contributed by atoms with Gasteiger partial charge in [-0.05, 0) is 36.6 Å². The number of fused-ring (bicyclic) bond motifs is 1. The van der Waals surface area contributed by atoms with E-state index in [4.69, 9.17) is 10.5 Å². The highest BCUT2D eigenvalue weighted by Gasteiger charge is 2.22. The van der Waals surface area contributed by atoms with Gasteiger partial charge in [0.15, 0.2) is 5.82 Å². The van der Waals surface area contributed by atoms with E-state index in [1.165, 1.54) is 11.9 Å². The number of hydrogen-bond donors (Lipinski definition) is 1. The van der Waals surface area contributed by atoms with Crippen molar-refractivity contribution < 1.29 is 4.74 Å². The zero-order chi connectivity index (χ0) is 16.4. The van der Waals surface area contributed by atoms with Gasteiger partial charge in [-0.15, -0.1) is 0 Å². The number of ether oxygens (including phenoxy) is 1. The maximum absolute atomic E-state index is 6.33. The van der Waals surface area contributed by atoms with Crippen LogP contribution in [0, 0.1) is 0 Å². The number of nitrogens with two attached hydrogens (primary N) is 1. The SMILES string of the molecule is Nc1c(Oc2ccccc2)ncnc1N1CCCc2ccccc21. The average molecular weight is 318 g/mol. The molecule has 1 aliphatic heterocycles. The predicted molar refractivity (Wildman–Crippen MR) is 94.7 cm³/mol. The average Bonchev–Trinajstić information content (AvgIpc) is 2.64. The van der Waals surface area contributed by atoms with E-state index in [9.17, 15) is 0 Å². The van der Waals surface area contributed by atoms with Crippen LogP contribution >= 0.6 is 0 Å². The van der Waals surface area contributed by atoms with E-state index >= 15 is 0 Å². The zero-order valence-corrected chi connectivity index (χ0v) is 13.2. The molecule has 0 saturated carbocycles. The van der Waals surface area contributed by atoms with Crippen LogP contribution < -0.4 is 15.4 Å². The zero-order valence-electron chi connectivity index (χ0n) is 13.2. The predicted octanol–water partition coefficient (Wildman–Crippen LogP) is 3.94. The summed E-state index contributed by atoms with van der Waals surface area (Å²) in [5, 5.41) is 0. The Morgan fingerprint density at radius 2 is 1.75 bits per heavy atom. The van der Waals surface area contributed by atoms with Crippen molar-refractivity contribution in [2.75, 3.05) is 17.2 Å². The topological polar surface area (TPSA) is 64.3 Å². The molecule has 5 heteroatoms. The molecule has 1 aliphatic rings. The number of anilines is 3. The highest BCUT2D eigenvalue weighted by Crippen LogP contribution is 2.38. The summed E-state index contributed by atoms with van der Waals surface area (Å²) in [4.78, 5) is 10.8. The molecule has 0 spiro atoms. The third-order valence-corrected chi connectivity index (χ3v) is 4.15. The Kier molecular flexibility index (Phi) is 3.75. The van der Waals surface area contributed by atoms with Gasteiger partial charge in [-0.3, -0.25) is 0 Å². The molecule has 0 aliphatic carbocycles. The maximum Gasteiger partial charge on any atom is 0.248 e. The molecule has 2 N–H and O–H groups in total. The first-order valence-corrected chi connectivity index (χ1v) is 8.02.